The summed E-state index contributed by atoms with van der Waals surface area (Å²) in [6.07, 6.45) is 5.48. The van der Waals surface area contributed by atoms with Crippen LogP contribution in [0.4, 0.5) is 0 Å². The molecule has 2 nitrogen and oxygen atoms in total. The largest absolute Gasteiger partial charge is 0.392 e. The minimum absolute atomic E-state index is 0.0598. The quantitative estimate of drug-likeness (QED) is 0.864. The van der Waals surface area contributed by atoms with Crippen LogP contribution in [0.15, 0.2) is 18.2 Å². The van der Waals surface area contributed by atoms with Crippen LogP contribution in [0.5, 0.6) is 0 Å². The predicted molar refractivity (Wildman–Crippen MR) is 80.8 cm³/mol. The van der Waals surface area contributed by atoms with Crippen molar-refractivity contribution in [2.75, 3.05) is 6.54 Å². The third kappa shape index (κ3) is 3.85. The number of halogens is 2. The molecule has 0 heterocycles. The Kier molecular flexibility index (Phi) is 5.52. The van der Waals surface area contributed by atoms with E-state index in [1.807, 2.05) is 12.1 Å². The van der Waals surface area contributed by atoms with Crippen molar-refractivity contribution in [3.05, 3.63) is 33.8 Å². The van der Waals surface area contributed by atoms with Crippen molar-refractivity contribution >= 4 is 23.2 Å². The number of nitrogens with two attached hydrogens (primary N) is 1. The third-order valence-corrected chi connectivity index (χ3v) is 4.88. The highest BCUT2D eigenvalue weighted by atomic mass is 35.5. The zero-order chi connectivity index (χ0) is 13.8. The second kappa shape index (κ2) is 6.94. The maximum atomic E-state index is 10.4. The molecule has 0 radical (unpaired) electrons. The summed E-state index contributed by atoms with van der Waals surface area (Å²) >= 11 is 12.0. The van der Waals surface area contributed by atoms with Crippen molar-refractivity contribution in [2.24, 2.45) is 11.7 Å². The van der Waals surface area contributed by atoms with E-state index < -0.39 is 6.10 Å². The van der Waals surface area contributed by atoms with Gasteiger partial charge in [-0.2, -0.15) is 0 Å². The standard InChI is InChI=1S/C15H21Cl2NO/c16-13-6-5-11(8-14(13)17)12(9-18)15(19)7-10-3-1-2-4-10/h5-6,8,10,12,15,19H,1-4,7,9,18H2. The first-order valence-electron chi connectivity index (χ1n) is 6.95. The van der Waals surface area contributed by atoms with Crippen molar-refractivity contribution in [3.8, 4) is 0 Å². The third-order valence-electron chi connectivity index (χ3n) is 4.14. The summed E-state index contributed by atoms with van der Waals surface area (Å²) in [6, 6.07) is 5.49. The zero-order valence-electron chi connectivity index (χ0n) is 11.0. The number of aliphatic hydroxyl groups excluding tert-OH is 1. The number of rotatable bonds is 5. The predicted octanol–water partition coefficient (Wildman–Crippen LogP) is 3.98. The summed E-state index contributed by atoms with van der Waals surface area (Å²) in [5.41, 5.74) is 6.81. The van der Waals surface area contributed by atoms with E-state index in [0.29, 0.717) is 22.5 Å². The van der Waals surface area contributed by atoms with Crippen LogP contribution in [0, 0.1) is 5.92 Å². The number of benzene rings is 1. The Morgan fingerprint density at radius 3 is 2.47 bits per heavy atom. The summed E-state index contributed by atoms with van der Waals surface area (Å²) in [5.74, 6) is 0.585. The average Bonchev–Trinajstić information content (AvgIpc) is 2.87. The molecule has 2 atom stereocenters. The van der Waals surface area contributed by atoms with Crippen LogP contribution in [0.25, 0.3) is 0 Å². The maximum Gasteiger partial charge on any atom is 0.0623 e. The Labute approximate surface area is 124 Å². The number of hydrogen-bond acceptors (Lipinski definition) is 2. The van der Waals surface area contributed by atoms with Gasteiger partial charge in [0.05, 0.1) is 16.1 Å². The van der Waals surface area contributed by atoms with Gasteiger partial charge in [0.15, 0.2) is 0 Å². The first-order valence-corrected chi connectivity index (χ1v) is 7.70. The van der Waals surface area contributed by atoms with Gasteiger partial charge in [-0.1, -0.05) is 55.0 Å². The molecule has 2 unspecified atom stereocenters. The average molecular weight is 302 g/mol. The van der Waals surface area contributed by atoms with Crippen molar-refractivity contribution in [3.63, 3.8) is 0 Å². The summed E-state index contributed by atoms with van der Waals surface area (Å²) in [5, 5.41) is 11.5. The first kappa shape index (κ1) is 15.1. The fourth-order valence-corrected chi connectivity index (χ4v) is 3.32. The van der Waals surface area contributed by atoms with E-state index in [0.717, 1.165) is 12.0 Å². The highest BCUT2D eigenvalue weighted by Crippen LogP contribution is 2.33. The van der Waals surface area contributed by atoms with Gasteiger partial charge in [-0.15, -0.1) is 0 Å². The molecule has 0 bridgehead atoms. The Bertz CT molecular complexity index is 419. The van der Waals surface area contributed by atoms with Crippen molar-refractivity contribution in [1.29, 1.82) is 0 Å². The van der Waals surface area contributed by atoms with E-state index >= 15 is 0 Å². The molecule has 1 fully saturated rings. The molecule has 106 valence electrons. The fourth-order valence-electron chi connectivity index (χ4n) is 3.01. The fraction of sp³-hybridized carbons (Fsp3) is 0.600. The molecule has 1 saturated carbocycles. The summed E-state index contributed by atoms with van der Waals surface area (Å²) < 4.78 is 0. The van der Waals surface area contributed by atoms with E-state index in [9.17, 15) is 5.11 Å². The maximum absolute atomic E-state index is 10.4. The molecule has 3 N–H and O–H groups in total. The lowest BCUT2D eigenvalue weighted by Gasteiger charge is -2.24. The van der Waals surface area contributed by atoms with Crippen LogP contribution < -0.4 is 5.73 Å². The van der Waals surface area contributed by atoms with E-state index in [1.54, 1.807) is 6.07 Å². The molecule has 1 aromatic rings. The molecule has 0 saturated heterocycles. The highest BCUT2D eigenvalue weighted by molar-refractivity contribution is 6.42. The molecule has 2 rings (SSSR count). The van der Waals surface area contributed by atoms with Gasteiger partial charge in [0, 0.05) is 12.5 Å². The minimum Gasteiger partial charge on any atom is -0.392 e. The number of aliphatic hydroxyl groups is 1. The molecule has 1 aliphatic carbocycles. The minimum atomic E-state index is -0.398. The van der Waals surface area contributed by atoms with Gasteiger partial charge in [-0.25, -0.2) is 0 Å². The van der Waals surface area contributed by atoms with Gasteiger partial charge in [0.25, 0.3) is 0 Å². The smallest absolute Gasteiger partial charge is 0.0623 e. The summed E-state index contributed by atoms with van der Waals surface area (Å²) in [4.78, 5) is 0. The lowest BCUT2D eigenvalue weighted by molar-refractivity contribution is 0.116. The van der Waals surface area contributed by atoms with Gasteiger partial charge in [0.2, 0.25) is 0 Å². The zero-order valence-corrected chi connectivity index (χ0v) is 12.5. The Hall–Kier alpha value is -0.280. The van der Waals surface area contributed by atoms with Crippen LogP contribution >= 0.6 is 23.2 Å². The lowest BCUT2D eigenvalue weighted by atomic mass is 9.87. The Morgan fingerprint density at radius 2 is 1.89 bits per heavy atom. The van der Waals surface area contributed by atoms with E-state index in [4.69, 9.17) is 28.9 Å². The van der Waals surface area contributed by atoms with Crippen LogP contribution in [0.1, 0.15) is 43.6 Å². The monoisotopic (exact) mass is 301 g/mol. The SMILES string of the molecule is NCC(c1ccc(Cl)c(Cl)c1)C(O)CC1CCCC1. The summed E-state index contributed by atoms with van der Waals surface area (Å²) in [7, 11) is 0. The Balaban J connectivity index is 2.06. The van der Waals surface area contributed by atoms with Crippen LogP contribution in [0.3, 0.4) is 0 Å². The second-order valence-corrected chi connectivity index (χ2v) is 6.28. The molecule has 0 amide bonds. The van der Waals surface area contributed by atoms with E-state index in [-0.39, 0.29) is 5.92 Å². The number of hydrogen-bond donors (Lipinski definition) is 2. The lowest BCUT2D eigenvalue weighted by Crippen LogP contribution is -2.27. The van der Waals surface area contributed by atoms with E-state index in [1.165, 1.54) is 25.7 Å². The Morgan fingerprint density at radius 1 is 1.21 bits per heavy atom. The van der Waals surface area contributed by atoms with Gasteiger partial charge >= 0.3 is 0 Å². The van der Waals surface area contributed by atoms with Crippen LogP contribution in [0.2, 0.25) is 10.0 Å². The molecule has 19 heavy (non-hydrogen) atoms. The molecular formula is C15H21Cl2NO. The molecule has 0 spiro atoms. The van der Waals surface area contributed by atoms with Gasteiger partial charge in [-0.3, -0.25) is 0 Å². The van der Waals surface area contributed by atoms with Crippen molar-refractivity contribution in [1.82, 2.24) is 0 Å². The first-order chi connectivity index (χ1) is 9.11. The van der Waals surface area contributed by atoms with Gasteiger partial charge in [0.1, 0.15) is 0 Å². The molecule has 1 aromatic carbocycles. The topological polar surface area (TPSA) is 46.2 Å². The normalized spacial score (nSPS) is 19.6. The van der Waals surface area contributed by atoms with Crippen molar-refractivity contribution in [2.45, 2.75) is 44.1 Å². The van der Waals surface area contributed by atoms with Crippen LogP contribution in [-0.2, 0) is 0 Å². The molecule has 0 aromatic heterocycles. The van der Waals surface area contributed by atoms with Gasteiger partial charge < -0.3 is 10.8 Å². The molecule has 0 aliphatic heterocycles. The van der Waals surface area contributed by atoms with Crippen molar-refractivity contribution < 1.29 is 5.11 Å². The van der Waals surface area contributed by atoms with Gasteiger partial charge in [-0.05, 0) is 30.0 Å². The van der Waals surface area contributed by atoms with Crippen LogP contribution in [-0.4, -0.2) is 17.8 Å². The second-order valence-electron chi connectivity index (χ2n) is 5.47. The summed E-state index contributed by atoms with van der Waals surface area (Å²) in [6.45, 7) is 0.422. The molecule has 1 aliphatic rings. The van der Waals surface area contributed by atoms with E-state index in [2.05, 4.69) is 0 Å². The highest BCUT2D eigenvalue weighted by Gasteiger charge is 2.25. The molecular weight excluding hydrogens is 281 g/mol. The molecule has 4 heteroatoms.